The maximum absolute atomic E-state index is 11.0. The molecule has 0 aromatic carbocycles. The molecule has 0 saturated carbocycles. The minimum atomic E-state index is -0.549. The summed E-state index contributed by atoms with van der Waals surface area (Å²) in [6.07, 6.45) is 0.200. The van der Waals surface area contributed by atoms with Gasteiger partial charge in [0, 0.05) is 5.75 Å². The topological polar surface area (TPSA) is 52.6 Å². The molecule has 0 aromatic rings. The van der Waals surface area contributed by atoms with E-state index in [0.717, 1.165) is 0 Å². The summed E-state index contributed by atoms with van der Waals surface area (Å²) in [5.74, 6) is -0.566. The lowest BCUT2D eigenvalue weighted by atomic mass is 10.2. The van der Waals surface area contributed by atoms with Crippen LogP contribution in [0.4, 0.5) is 0 Å². The van der Waals surface area contributed by atoms with E-state index in [4.69, 9.17) is 4.74 Å². The molecule has 0 radical (unpaired) electrons. The predicted octanol–water partition coefficient (Wildman–Crippen LogP) is 1.19. The highest BCUT2D eigenvalue weighted by Gasteiger charge is 2.17. The Kier molecular flexibility index (Phi) is 5.60. The lowest BCUT2D eigenvalue weighted by Crippen LogP contribution is -2.27. The molecule has 0 aliphatic heterocycles. The summed E-state index contributed by atoms with van der Waals surface area (Å²) in [6.45, 7) is 4.92. The van der Waals surface area contributed by atoms with Gasteiger partial charge in [-0.05, 0) is 20.8 Å². The van der Waals surface area contributed by atoms with Gasteiger partial charge in [0.1, 0.15) is 5.60 Å². The highest BCUT2D eigenvalue weighted by molar-refractivity contribution is 7.80. The van der Waals surface area contributed by atoms with Crippen molar-refractivity contribution < 1.29 is 19.1 Å². The Balaban J connectivity index is 3.70. The monoisotopic (exact) mass is 220 g/mol. The first-order chi connectivity index (χ1) is 6.35. The lowest BCUT2D eigenvalue weighted by molar-refractivity contribution is -0.166. The standard InChI is InChI=1S/C9H16O4S/c1-9(2,3)13-8(11)6-12-7(10)4-5-14/h14H,4-6H2,1-3H3. The number of thiol groups is 1. The smallest absolute Gasteiger partial charge is 0.344 e. The molecule has 0 aliphatic rings. The Morgan fingerprint density at radius 2 is 1.79 bits per heavy atom. The molecule has 0 atom stereocenters. The van der Waals surface area contributed by atoms with Crippen molar-refractivity contribution >= 4 is 24.6 Å². The molecular formula is C9H16O4S. The van der Waals surface area contributed by atoms with E-state index in [1.807, 2.05) is 0 Å². The van der Waals surface area contributed by atoms with Crippen molar-refractivity contribution in [2.24, 2.45) is 0 Å². The molecule has 0 aliphatic carbocycles. The number of esters is 2. The summed E-state index contributed by atoms with van der Waals surface area (Å²) >= 11 is 3.86. The maximum Gasteiger partial charge on any atom is 0.344 e. The zero-order valence-electron chi connectivity index (χ0n) is 8.70. The molecule has 5 heteroatoms. The zero-order chi connectivity index (χ0) is 11.2. The van der Waals surface area contributed by atoms with Gasteiger partial charge in [0.05, 0.1) is 6.42 Å². The van der Waals surface area contributed by atoms with Gasteiger partial charge in [-0.1, -0.05) is 0 Å². The number of rotatable bonds is 4. The second kappa shape index (κ2) is 5.90. The average Bonchev–Trinajstić information content (AvgIpc) is 1.98. The number of carbonyl (C=O) groups excluding carboxylic acids is 2. The van der Waals surface area contributed by atoms with E-state index in [0.29, 0.717) is 5.75 Å². The molecule has 0 heterocycles. The van der Waals surface area contributed by atoms with Crippen molar-refractivity contribution in [2.45, 2.75) is 32.8 Å². The van der Waals surface area contributed by atoms with Gasteiger partial charge in [-0.3, -0.25) is 4.79 Å². The molecule has 0 rings (SSSR count). The normalized spacial score (nSPS) is 10.9. The van der Waals surface area contributed by atoms with Gasteiger partial charge in [0.2, 0.25) is 0 Å². The van der Waals surface area contributed by atoms with Crippen molar-refractivity contribution in [3.8, 4) is 0 Å². The molecule has 0 fully saturated rings. The minimum Gasteiger partial charge on any atom is -0.457 e. The largest absolute Gasteiger partial charge is 0.457 e. The van der Waals surface area contributed by atoms with Crippen LogP contribution in [0.25, 0.3) is 0 Å². The van der Waals surface area contributed by atoms with Crippen LogP contribution in [0.2, 0.25) is 0 Å². The van der Waals surface area contributed by atoms with Gasteiger partial charge < -0.3 is 9.47 Å². The van der Waals surface area contributed by atoms with Gasteiger partial charge in [0.15, 0.2) is 6.61 Å². The first-order valence-electron chi connectivity index (χ1n) is 4.33. The van der Waals surface area contributed by atoms with Gasteiger partial charge in [-0.2, -0.15) is 12.6 Å². The Hall–Kier alpha value is -0.710. The van der Waals surface area contributed by atoms with E-state index in [-0.39, 0.29) is 13.0 Å². The molecule has 0 unspecified atom stereocenters. The van der Waals surface area contributed by atoms with E-state index in [1.165, 1.54) is 0 Å². The fraction of sp³-hybridized carbons (Fsp3) is 0.778. The third-order valence-electron chi connectivity index (χ3n) is 1.09. The van der Waals surface area contributed by atoms with Crippen LogP contribution in [-0.4, -0.2) is 29.9 Å². The van der Waals surface area contributed by atoms with Gasteiger partial charge >= 0.3 is 11.9 Å². The van der Waals surface area contributed by atoms with Crippen LogP contribution in [0.5, 0.6) is 0 Å². The van der Waals surface area contributed by atoms with E-state index >= 15 is 0 Å². The SMILES string of the molecule is CC(C)(C)OC(=O)COC(=O)CCS. The minimum absolute atomic E-state index is 0.200. The number of hydrogen-bond donors (Lipinski definition) is 1. The summed E-state index contributed by atoms with van der Waals surface area (Å²) in [7, 11) is 0. The molecular weight excluding hydrogens is 204 g/mol. The zero-order valence-corrected chi connectivity index (χ0v) is 9.60. The Labute approximate surface area is 89.4 Å². The Bertz CT molecular complexity index is 207. The first kappa shape index (κ1) is 13.3. The number of carbonyl (C=O) groups is 2. The van der Waals surface area contributed by atoms with E-state index in [9.17, 15) is 9.59 Å². The van der Waals surface area contributed by atoms with Crippen molar-refractivity contribution in [3.63, 3.8) is 0 Å². The molecule has 0 bridgehead atoms. The maximum atomic E-state index is 11.0. The van der Waals surface area contributed by atoms with Crippen LogP contribution < -0.4 is 0 Å². The average molecular weight is 220 g/mol. The summed E-state index contributed by atoms with van der Waals surface area (Å²) in [5.41, 5.74) is -0.549. The van der Waals surface area contributed by atoms with Crippen LogP contribution in [0.3, 0.4) is 0 Å². The fourth-order valence-electron chi connectivity index (χ4n) is 0.674. The van der Waals surface area contributed by atoms with Crippen molar-refractivity contribution in [2.75, 3.05) is 12.4 Å². The first-order valence-corrected chi connectivity index (χ1v) is 4.97. The van der Waals surface area contributed by atoms with Gasteiger partial charge in [-0.15, -0.1) is 0 Å². The molecule has 0 spiro atoms. The van der Waals surface area contributed by atoms with Crippen molar-refractivity contribution in [1.82, 2.24) is 0 Å². The van der Waals surface area contributed by atoms with E-state index < -0.39 is 17.5 Å². The van der Waals surface area contributed by atoms with Crippen LogP contribution in [0.15, 0.2) is 0 Å². The van der Waals surface area contributed by atoms with E-state index in [1.54, 1.807) is 20.8 Å². The Morgan fingerprint density at radius 1 is 1.21 bits per heavy atom. The summed E-state index contributed by atoms with van der Waals surface area (Å²) < 4.78 is 9.56. The Morgan fingerprint density at radius 3 is 2.21 bits per heavy atom. The second-order valence-corrected chi connectivity index (χ2v) is 4.17. The van der Waals surface area contributed by atoms with Crippen LogP contribution in [0, 0.1) is 0 Å². The van der Waals surface area contributed by atoms with Crippen molar-refractivity contribution in [1.29, 1.82) is 0 Å². The molecule has 4 nitrogen and oxygen atoms in total. The highest BCUT2D eigenvalue weighted by Crippen LogP contribution is 2.06. The number of ether oxygens (including phenoxy) is 2. The summed E-state index contributed by atoms with van der Waals surface area (Å²) in [6, 6.07) is 0. The third kappa shape index (κ3) is 7.91. The number of hydrogen-bond acceptors (Lipinski definition) is 5. The van der Waals surface area contributed by atoms with Crippen LogP contribution >= 0.6 is 12.6 Å². The molecule has 14 heavy (non-hydrogen) atoms. The van der Waals surface area contributed by atoms with Crippen LogP contribution in [0.1, 0.15) is 27.2 Å². The van der Waals surface area contributed by atoms with Crippen molar-refractivity contribution in [3.05, 3.63) is 0 Å². The molecule has 0 aromatic heterocycles. The highest BCUT2D eigenvalue weighted by atomic mass is 32.1. The molecule has 82 valence electrons. The second-order valence-electron chi connectivity index (χ2n) is 3.72. The predicted molar refractivity (Wildman–Crippen MR) is 55.3 cm³/mol. The lowest BCUT2D eigenvalue weighted by Gasteiger charge is -2.19. The molecule has 0 N–H and O–H groups in total. The van der Waals surface area contributed by atoms with Gasteiger partial charge in [0.25, 0.3) is 0 Å². The quantitative estimate of drug-likeness (QED) is 0.571. The molecule has 0 saturated heterocycles. The van der Waals surface area contributed by atoms with Gasteiger partial charge in [-0.25, -0.2) is 4.79 Å². The summed E-state index contributed by atoms with van der Waals surface area (Å²) in [4.78, 5) is 21.9. The molecule has 0 amide bonds. The third-order valence-corrected chi connectivity index (χ3v) is 1.31. The van der Waals surface area contributed by atoms with Crippen LogP contribution in [-0.2, 0) is 19.1 Å². The fourth-order valence-corrected chi connectivity index (χ4v) is 0.856. The van der Waals surface area contributed by atoms with E-state index in [2.05, 4.69) is 17.4 Å². The summed E-state index contributed by atoms with van der Waals surface area (Å²) in [5, 5.41) is 0.